The van der Waals surface area contributed by atoms with E-state index in [1.54, 1.807) is 18.4 Å². The number of hydrogen-bond acceptors (Lipinski definition) is 5. The maximum atomic E-state index is 11.3. The maximum Gasteiger partial charge on any atom is 0.191 e. The standard InChI is InChI=1S/C17H30N4O2S2/c1-14(8-12-25(3,22)23)20-17(18-2)19-13-15(16-7-6-11-24-16)21-9-4-5-10-21/h6-7,11,14-15H,4-5,8-10,12-13H2,1-3H3,(H2,18,19,20). The number of thiophene rings is 1. The molecule has 1 fully saturated rings. The van der Waals surface area contributed by atoms with Crippen molar-refractivity contribution in [1.82, 2.24) is 15.5 Å². The number of nitrogens with one attached hydrogen (secondary N) is 2. The molecule has 6 nitrogen and oxygen atoms in total. The Morgan fingerprint density at radius 3 is 2.68 bits per heavy atom. The zero-order valence-corrected chi connectivity index (χ0v) is 17.0. The normalized spacial score (nSPS) is 18.9. The minimum atomic E-state index is -2.93. The molecular weight excluding hydrogens is 356 g/mol. The van der Waals surface area contributed by atoms with Crippen LogP contribution in [-0.4, -0.2) is 64.0 Å². The number of nitrogens with zero attached hydrogens (tertiary/aromatic N) is 2. The largest absolute Gasteiger partial charge is 0.354 e. The molecule has 2 unspecified atom stereocenters. The van der Waals surface area contributed by atoms with Crippen molar-refractivity contribution < 1.29 is 8.42 Å². The number of hydrogen-bond donors (Lipinski definition) is 2. The second-order valence-electron chi connectivity index (χ2n) is 6.69. The summed E-state index contributed by atoms with van der Waals surface area (Å²) in [5.74, 6) is 0.908. The summed E-state index contributed by atoms with van der Waals surface area (Å²) in [5.41, 5.74) is 0. The van der Waals surface area contributed by atoms with Gasteiger partial charge in [-0.05, 0) is 50.7 Å². The van der Waals surface area contributed by atoms with Crippen LogP contribution in [0.15, 0.2) is 22.5 Å². The molecule has 142 valence electrons. The van der Waals surface area contributed by atoms with E-state index in [2.05, 4.69) is 38.0 Å². The van der Waals surface area contributed by atoms with Crippen LogP contribution in [0, 0.1) is 0 Å². The molecule has 1 aromatic heterocycles. The van der Waals surface area contributed by atoms with Gasteiger partial charge >= 0.3 is 0 Å². The highest BCUT2D eigenvalue weighted by Crippen LogP contribution is 2.27. The summed E-state index contributed by atoms with van der Waals surface area (Å²) in [6.07, 6.45) is 4.36. The van der Waals surface area contributed by atoms with Gasteiger partial charge in [0.05, 0.1) is 11.8 Å². The molecule has 2 rings (SSSR count). The van der Waals surface area contributed by atoms with Gasteiger partial charge in [-0.1, -0.05) is 6.07 Å². The van der Waals surface area contributed by atoms with E-state index in [1.165, 1.54) is 24.0 Å². The number of aliphatic imine (C=N–C) groups is 1. The molecule has 2 atom stereocenters. The van der Waals surface area contributed by atoms with Gasteiger partial charge < -0.3 is 10.6 Å². The van der Waals surface area contributed by atoms with Crippen molar-refractivity contribution in [2.45, 2.75) is 38.3 Å². The second-order valence-corrected chi connectivity index (χ2v) is 9.93. The minimum absolute atomic E-state index is 0.0490. The molecule has 1 aliphatic rings. The molecule has 1 aromatic rings. The van der Waals surface area contributed by atoms with Crippen molar-refractivity contribution in [2.24, 2.45) is 4.99 Å². The Hall–Kier alpha value is -1.12. The van der Waals surface area contributed by atoms with Crippen LogP contribution in [-0.2, 0) is 9.84 Å². The van der Waals surface area contributed by atoms with Gasteiger partial charge in [-0.15, -0.1) is 11.3 Å². The van der Waals surface area contributed by atoms with Crippen molar-refractivity contribution in [3.63, 3.8) is 0 Å². The van der Waals surface area contributed by atoms with Crippen molar-refractivity contribution in [1.29, 1.82) is 0 Å². The summed E-state index contributed by atoms with van der Waals surface area (Å²) in [6, 6.07) is 4.70. The number of sulfone groups is 1. The van der Waals surface area contributed by atoms with Crippen LogP contribution in [0.4, 0.5) is 0 Å². The van der Waals surface area contributed by atoms with E-state index in [1.807, 2.05) is 6.92 Å². The lowest BCUT2D eigenvalue weighted by Crippen LogP contribution is -2.45. The zero-order chi connectivity index (χ0) is 18.3. The molecule has 0 saturated carbocycles. The summed E-state index contributed by atoms with van der Waals surface area (Å²) in [7, 11) is -1.19. The average Bonchev–Trinajstić information content (AvgIpc) is 3.25. The van der Waals surface area contributed by atoms with Gasteiger partial charge in [-0.25, -0.2) is 8.42 Å². The SMILES string of the molecule is CN=C(NCC(c1cccs1)N1CCCC1)NC(C)CCS(C)(=O)=O. The summed E-state index contributed by atoms with van der Waals surface area (Å²) in [6.45, 7) is 5.05. The Kier molecular flexibility index (Phi) is 7.71. The molecule has 0 aromatic carbocycles. The van der Waals surface area contributed by atoms with Crippen LogP contribution in [0.5, 0.6) is 0 Å². The van der Waals surface area contributed by atoms with E-state index < -0.39 is 9.84 Å². The molecule has 0 bridgehead atoms. The molecule has 8 heteroatoms. The zero-order valence-electron chi connectivity index (χ0n) is 15.4. The van der Waals surface area contributed by atoms with E-state index in [9.17, 15) is 8.42 Å². The predicted molar refractivity (Wildman–Crippen MR) is 106 cm³/mol. The highest BCUT2D eigenvalue weighted by Gasteiger charge is 2.24. The number of likely N-dealkylation sites (tertiary alicyclic amines) is 1. The smallest absolute Gasteiger partial charge is 0.191 e. The monoisotopic (exact) mass is 386 g/mol. The molecule has 1 aliphatic heterocycles. The van der Waals surface area contributed by atoms with Crippen LogP contribution in [0.1, 0.15) is 37.1 Å². The van der Waals surface area contributed by atoms with Crippen molar-refractivity contribution in [3.05, 3.63) is 22.4 Å². The van der Waals surface area contributed by atoms with Gasteiger partial charge in [0.1, 0.15) is 9.84 Å². The van der Waals surface area contributed by atoms with Gasteiger partial charge in [0.25, 0.3) is 0 Å². The van der Waals surface area contributed by atoms with Gasteiger partial charge in [0.2, 0.25) is 0 Å². The first kappa shape index (κ1) is 20.2. The van der Waals surface area contributed by atoms with Gasteiger partial charge in [0, 0.05) is 30.8 Å². The molecule has 0 radical (unpaired) electrons. The fraction of sp³-hybridized carbons (Fsp3) is 0.706. The summed E-state index contributed by atoms with van der Waals surface area (Å²) in [5, 5.41) is 8.83. The molecule has 2 N–H and O–H groups in total. The molecular formula is C17H30N4O2S2. The van der Waals surface area contributed by atoms with E-state index in [-0.39, 0.29) is 11.8 Å². The Morgan fingerprint density at radius 1 is 1.40 bits per heavy atom. The highest BCUT2D eigenvalue weighted by molar-refractivity contribution is 7.90. The average molecular weight is 387 g/mol. The predicted octanol–water partition coefficient (Wildman–Crippen LogP) is 1.87. The van der Waals surface area contributed by atoms with Crippen molar-refractivity contribution >= 4 is 27.1 Å². The summed E-state index contributed by atoms with van der Waals surface area (Å²) >= 11 is 1.79. The van der Waals surface area contributed by atoms with Crippen LogP contribution in [0.2, 0.25) is 0 Å². The molecule has 1 saturated heterocycles. The van der Waals surface area contributed by atoms with E-state index in [0.29, 0.717) is 12.5 Å². The van der Waals surface area contributed by atoms with E-state index in [0.717, 1.165) is 25.6 Å². The van der Waals surface area contributed by atoms with Crippen LogP contribution < -0.4 is 10.6 Å². The fourth-order valence-corrected chi connectivity index (χ4v) is 4.67. The molecule has 25 heavy (non-hydrogen) atoms. The Morgan fingerprint density at radius 2 is 2.12 bits per heavy atom. The molecule has 0 aliphatic carbocycles. The van der Waals surface area contributed by atoms with Crippen LogP contribution in [0.3, 0.4) is 0 Å². The molecule has 0 amide bonds. The first-order valence-electron chi connectivity index (χ1n) is 8.81. The van der Waals surface area contributed by atoms with Gasteiger partial charge in [-0.3, -0.25) is 9.89 Å². The lowest BCUT2D eigenvalue weighted by atomic mass is 10.2. The number of rotatable bonds is 8. The minimum Gasteiger partial charge on any atom is -0.354 e. The van der Waals surface area contributed by atoms with Gasteiger partial charge in [0.15, 0.2) is 5.96 Å². The summed E-state index contributed by atoms with van der Waals surface area (Å²) in [4.78, 5) is 8.18. The van der Waals surface area contributed by atoms with Crippen molar-refractivity contribution in [3.8, 4) is 0 Å². The van der Waals surface area contributed by atoms with Gasteiger partial charge in [-0.2, -0.15) is 0 Å². The highest BCUT2D eigenvalue weighted by atomic mass is 32.2. The quantitative estimate of drug-likeness (QED) is 0.527. The lowest BCUT2D eigenvalue weighted by Gasteiger charge is -2.28. The van der Waals surface area contributed by atoms with E-state index in [4.69, 9.17) is 0 Å². The van der Waals surface area contributed by atoms with Crippen LogP contribution in [0.25, 0.3) is 0 Å². The maximum absolute atomic E-state index is 11.3. The Labute approximate surface area is 155 Å². The topological polar surface area (TPSA) is 73.8 Å². The Balaban J connectivity index is 1.89. The summed E-state index contributed by atoms with van der Waals surface area (Å²) < 4.78 is 22.6. The lowest BCUT2D eigenvalue weighted by molar-refractivity contribution is 0.249. The Bertz CT molecular complexity index is 638. The third-order valence-electron chi connectivity index (χ3n) is 4.44. The van der Waals surface area contributed by atoms with E-state index >= 15 is 0 Å². The van der Waals surface area contributed by atoms with Crippen LogP contribution >= 0.6 is 11.3 Å². The second kappa shape index (κ2) is 9.54. The fourth-order valence-electron chi connectivity index (χ4n) is 3.03. The number of guanidine groups is 1. The first-order chi connectivity index (χ1) is 11.9. The molecule has 0 spiro atoms. The molecule has 2 heterocycles. The first-order valence-corrected chi connectivity index (χ1v) is 11.8. The van der Waals surface area contributed by atoms with Crippen molar-refractivity contribution in [2.75, 3.05) is 38.7 Å². The third-order valence-corrected chi connectivity index (χ3v) is 6.40. The third kappa shape index (κ3) is 6.95.